The third-order valence-corrected chi connectivity index (χ3v) is 8.72. The minimum atomic E-state index is -0.204. The van der Waals surface area contributed by atoms with Crippen LogP contribution in [0.2, 0.25) is 0 Å². The zero-order valence-electron chi connectivity index (χ0n) is 20.8. The summed E-state index contributed by atoms with van der Waals surface area (Å²) in [5.74, 6) is 0.0664. The fourth-order valence-electron chi connectivity index (χ4n) is 6.57. The van der Waals surface area contributed by atoms with E-state index in [0.29, 0.717) is 31.9 Å². The van der Waals surface area contributed by atoms with Crippen molar-refractivity contribution in [3.05, 3.63) is 46.3 Å². The lowest BCUT2D eigenvalue weighted by Crippen LogP contribution is -2.65. The number of carbonyl (C=O) groups is 2. The predicted molar refractivity (Wildman–Crippen MR) is 133 cm³/mol. The number of likely N-dealkylation sites (tertiary alicyclic amines) is 1. The standard InChI is InChI=1S/C27H35N5O3/c1-18-5-3-7-22(19(18)2)29-9-11-30(12-10-29)24(34)15-32-23-8-4-6-21(23)25(28-32)26(35)31-16-27(17-31)13-20(33)14-27/h3,5,7,20,33H,4,6,8-17H2,1-2H3. The molecule has 2 aliphatic carbocycles. The number of nitrogens with zero attached hydrogens (tertiary/aromatic N) is 5. The summed E-state index contributed by atoms with van der Waals surface area (Å²) in [4.78, 5) is 32.6. The molecule has 1 aromatic carbocycles. The lowest BCUT2D eigenvalue weighted by Gasteiger charge is -2.57. The first-order chi connectivity index (χ1) is 16.8. The number of benzene rings is 1. The maximum absolute atomic E-state index is 13.2. The van der Waals surface area contributed by atoms with Crippen LogP contribution in [0.3, 0.4) is 0 Å². The van der Waals surface area contributed by atoms with Crippen molar-refractivity contribution in [1.82, 2.24) is 19.6 Å². The number of aliphatic hydroxyl groups is 1. The van der Waals surface area contributed by atoms with Crippen molar-refractivity contribution < 1.29 is 14.7 Å². The van der Waals surface area contributed by atoms with Crippen LogP contribution in [0.5, 0.6) is 0 Å². The third-order valence-electron chi connectivity index (χ3n) is 8.72. The number of fused-ring (bicyclic) bond motifs is 1. The Hall–Kier alpha value is -2.87. The molecule has 1 aromatic heterocycles. The summed E-state index contributed by atoms with van der Waals surface area (Å²) in [5.41, 5.74) is 6.63. The van der Waals surface area contributed by atoms with Crippen LogP contribution in [0.4, 0.5) is 5.69 Å². The summed E-state index contributed by atoms with van der Waals surface area (Å²) in [6.07, 6.45) is 4.13. The monoisotopic (exact) mass is 477 g/mol. The highest BCUT2D eigenvalue weighted by Gasteiger charge is 2.53. The summed E-state index contributed by atoms with van der Waals surface area (Å²) in [6, 6.07) is 6.40. The van der Waals surface area contributed by atoms with E-state index in [2.05, 4.69) is 42.0 Å². The van der Waals surface area contributed by atoms with Crippen LogP contribution in [0.1, 0.15) is 52.1 Å². The highest BCUT2D eigenvalue weighted by atomic mass is 16.3. The van der Waals surface area contributed by atoms with Gasteiger partial charge in [-0.1, -0.05) is 12.1 Å². The fraction of sp³-hybridized carbons (Fsp3) is 0.593. The Morgan fingerprint density at radius 3 is 2.51 bits per heavy atom. The quantitative estimate of drug-likeness (QED) is 0.728. The van der Waals surface area contributed by atoms with Crippen LogP contribution in [0.15, 0.2) is 18.2 Å². The number of anilines is 1. The Morgan fingerprint density at radius 1 is 1.06 bits per heavy atom. The molecule has 2 amide bonds. The second-order valence-corrected chi connectivity index (χ2v) is 11.1. The smallest absolute Gasteiger partial charge is 0.274 e. The average molecular weight is 478 g/mol. The number of hydrogen-bond donors (Lipinski definition) is 1. The van der Waals surface area contributed by atoms with Gasteiger partial charge in [0.25, 0.3) is 5.91 Å². The Morgan fingerprint density at radius 2 is 1.80 bits per heavy atom. The Bertz CT molecular complexity index is 1170. The summed E-state index contributed by atoms with van der Waals surface area (Å²) >= 11 is 0. The number of amides is 2. The fourth-order valence-corrected chi connectivity index (χ4v) is 6.57. The summed E-state index contributed by atoms with van der Waals surface area (Å²) in [5, 5.41) is 14.3. The maximum Gasteiger partial charge on any atom is 0.274 e. The van der Waals surface area contributed by atoms with Crippen molar-refractivity contribution in [1.29, 1.82) is 0 Å². The zero-order valence-corrected chi connectivity index (χ0v) is 20.8. The number of aromatic nitrogens is 2. The van der Waals surface area contributed by atoms with Crippen molar-refractivity contribution in [3.63, 3.8) is 0 Å². The lowest BCUT2D eigenvalue weighted by atomic mass is 9.62. The Labute approximate surface area is 206 Å². The van der Waals surface area contributed by atoms with Gasteiger partial charge in [-0.2, -0.15) is 5.10 Å². The molecule has 186 valence electrons. The summed E-state index contributed by atoms with van der Waals surface area (Å²) in [7, 11) is 0. The van der Waals surface area contributed by atoms with Gasteiger partial charge in [-0.25, -0.2) is 0 Å². The molecule has 1 N–H and O–H groups in total. The number of rotatable bonds is 4. The largest absolute Gasteiger partial charge is 0.393 e. The number of carbonyl (C=O) groups excluding carboxylic acids is 2. The van der Waals surface area contributed by atoms with E-state index in [-0.39, 0.29) is 29.9 Å². The molecule has 6 rings (SSSR count). The minimum Gasteiger partial charge on any atom is -0.393 e. The third kappa shape index (κ3) is 3.82. The lowest BCUT2D eigenvalue weighted by molar-refractivity contribution is -0.132. The van der Waals surface area contributed by atoms with Gasteiger partial charge < -0.3 is 19.8 Å². The SMILES string of the molecule is Cc1cccc(N2CCN(C(=O)Cn3nc(C(=O)N4CC5(CC(O)C5)C4)c4c3CCC4)CC2)c1C. The van der Waals surface area contributed by atoms with Crippen LogP contribution >= 0.6 is 0 Å². The van der Waals surface area contributed by atoms with E-state index in [9.17, 15) is 14.7 Å². The van der Waals surface area contributed by atoms with Gasteiger partial charge in [0, 0.05) is 61.6 Å². The number of aliphatic hydroxyl groups excluding tert-OH is 1. The van der Waals surface area contributed by atoms with Gasteiger partial charge in [0.15, 0.2) is 5.69 Å². The number of hydrogen-bond acceptors (Lipinski definition) is 5. The molecule has 2 aliphatic heterocycles. The van der Waals surface area contributed by atoms with Gasteiger partial charge >= 0.3 is 0 Å². The molecule has 35 heavy (non-hydrogen) atoms. The maximum atomic E-state index is 13.2. The number of aryl methyl sites for hydroxylation is 1. The normalized spacial score (nSPS) is 21.2. The molecule has 0 unspecified atom stereocenters. The van der Waals surface area contributed by atoms with Crippen LogP contribution in [0.25, 0.3) is 0 Å². The van der Waals surface area contributed by atoms with Gasteiger partial charge in [-0.15, -0.1) is 0 Å². The van der Waals surface area contributed by atoms with E-state index in [1.54, 1.807) is 4.68 Å². The molecule has 0 bridgehead atoms. The number of piperazine rings is 1. The molecule has 3 fully saturated rings. The first-order valence-corrected chi connectivity index (χ1v) is 13.0. The van der Waals surface area contributed by atoms with Crippen LogP contribution in [-0.4, -0.2) is 81.9 Å². The molecule has 8 heteroatoms. The summed E-state index contributed by atoms with van der Waals surface area (Å²) < 4.78 is 1.80. The Kier molecular flexibility index (Phi) is 5.40. The molecule has 3 heterocycles. The highest BCUT2D eigenvalue weighted by Crippen LogP contribution is 2.48. The van der Waals surface area contributed by atoms with Crippen LogP contribution in [-0.2, 0) is 24.2 Å². The molecule has 1 saturated carbocycles. The topological polar surface area (TPSA) is 81.9 Å². The van der Waals surface area contributed by atoms with Crippen LogP contribution < -0.4 is 4.90 Å². The van der Waals surface area contributed by atoms with E-state index in [0.717, 1.165) is 56.5 Å². The first-order valence-electron chi connectivity index (χ1n) is 13.0. The van der Waals surface area contributed by atoms with E-state index in [1.807, 2.05) is 9.80 Å². The van der Waals surface area contributed by atoms with E-state index < -0.39 is 0 Å². The molecular weight excluding hydrogens is 442 g/mol. The second kappa shape index (κ2) is 8.36. The van der Waals surface area contributed by atoms with E-state index >= 15 is 0 Å². The molecular formula is C27H35N5O3. The summed E-state index contributed by atoms with van der Waals surface area (Å²) in [6.45, 7) is 8.97. The molecule has 2 aromatic rings. The van der Waals surface area contributed by atoms with Crippen molar-refractivity contribution in [3.8, 4) is 0 Å². The predicted octanol–water partition coefficient (Wildman–Crippen LogP) is 1.93. The van der Waals surface area contributed by atoms with Gasteiger partial charge in [0.05, 0.1) is 6.10 Å². The van der Waals surface area contributed by atoms with Crippen molar-refractivity contribution in [2.75, 3.05) is 44.2 Å². The van der Waals surface area contributed by atoms with E-state index in [4.69, 9.17) is 0 Å². The molecule has 4 aliphatic rings. The highest BCUT2D eigenvalue weighted by molar-refractivity contribution is 5.95. The van der Waals surface area contributed by atoms with Gasteiger partial charge in [-0.3, -0.25) is 14.3 Å². The van der Waals surface area contributed by atoms with Crippen molar-refractivity contribution in [2.24, 2.45) is 5.41 Å². The second-order valence-electron chi connectivity index (χ2n) is 11.1. The zero-order chi connectivity index (χ0) is 24.3. The molecule has 8 nitrogen and oxygen atoms in total. The van der Waals surface area contributed by atoms with E-state index in [1.165, 1.54) is 16.8 Å². The van der Waals surface area contributed by atoms with Crippen LogP contribution in [0, 0.1) is 19.3 Å². The van der Waals surface area contributed by atoms with Crippen molar-refractivity contribution >= 4 is 17.5 Å². The molecule has 0 atom stereocenters. The minimum absolute atomic E-state index is 0.0106. The van der Waals surface area contributed by atoms with Gasteiger partial charge in [-0.05, 0) is 63.1 Å². The molecule has 1 spiro atoms. The molecule has 2 saturated heterocycles. The van der Waals surface area contributed by atoms with Crippen molar-refractivity contribution in [2.45, 2.75) is 58.6 Å². The Balaban J connectivity index is 1.10. The average Bonchev–Trinajstić information content (AvgIpc) is 3.41. The molecule has 0 radical (unpaired) electrons. The first kappa shape index (κ1) is 22.6. The van der Waals surface area contributed by atoms with Gasteiger partial charge in [0.2, 0.25) is 5.91 Å². The van der Waals surface area contributed by atoms with Gasteiger partial charge in [0.1, 0.15) is 6.54 Å².